The number of ether oxygens (including phenoxy) is 2. The first-order valence-electron chi connectivity index (χ1n) is 10.0. The van der Waals surface area contributed by atoms with Gasteiger partial charge in [-0.25, -0.2) is 0 Å². The summed E-state index contributed by atoms with van der Waals surface area (Å²) in [7, 11) is -0.620. The third-order valence-corrected chi connectivity index (χ3v) is 6.45. The Morgan fingerprint density at radius 3 is 2.55 bits per heavy atom. The van der Waals surface area contributed by atoms with Crippen LogP contribution in [0.15, 0.2) is 18.7 Å². The molecule has 1 N–H and O–H groups in total. The van der Waals surface area contributed by atoms with Gasteiger partial charge in [-0.3, -0.25) is 9.69 Å². The summed E-state index contributed by atoms with van der Waals surface area (Å²) in [5.74, 6) is 0.293. The van der Waals surface area contributed by atoms with Gasteiger partial charge in [0, 0.05) is 6.61 Å². The maximum absolute atomic E-state index is 13.3. The normalized spacial score (nSPS) is 28.1. The van der Waals surface area contributed by atoms with E-state index in [1.807, 2.05) is 27.7 Å². The summed E-state index contributed by atoms with van der Waals surface area (Å²) in [6, 6.07) is 3.13. The van der Waals surface area contributed by atoms with Crippen molar-refractivity contribution in [2.24, 2.45) is 0 Å². The predicted octanol–water partition coefficient (Wildman–Crippen LogP) is 1.57. The number of hydrogen-bond acceptors (Lipinski definition) is 6. The Morgan fingerprint density at radius 1 is 1.24 bits per heavy atom. The van der Waals surface area contributed by atoms with E-state index in [4.69, 9.17) is 18.8 Å². The molecule has 1 aromatic carbocycles. The molecule has 0 spiro atoms. The fourth-order valence-corrected chi connectivity index (χ4v) is 3.86. The van der Waals surface area contributed by atoms with Crippen LogP contribution in [0.1, 0.15) is 50.0 Å². The van der Waals surface area contributed by atoms with E-state index in [-0.39, 0.29) is 12.6 Å². The van der Waals surface area contributed by atoms with Crippen LogP contribution in [0.3, 0.4) is 0 Å². The number of aliphatic hydroxyl groups excluding tert-OH is 1. The highest BCUT2D eigenvalue weighted by molar-refractivity contribution is 6.63. The van der Waals surface area contributed by atoms with Gasteiger partial charge >= 0.3 is 7.12 Å². The molecule has 29 heavy (non-hydrogen) atoms. The summed E-state index contributed by atoms with van der Waals surface area (Å²) in [6.45, 7) is 12.7. The third-order valence-electron chi connectivity index (χ3n) is 6.45. The molecule has 1 aromatic rings. The molecule has 156 valence electrons. The van der Waals surface area contributed by atoms with Crippen LogP contribution in [0, 0.1) is 0 Å². The third kappa shape index (κ3) is 3.38. The molecule has 0 radical (unpaired) electrons. The lowest BCUT2D eigenvalue weighted by atomic mass is 9.74. The van der Waals surface area contributed by atoms with E-state index >= 15 is 0 Å². The lowest BCUT2D eigenvalue weighted by Crippen LogP contribution is -2.55. The van der Waals surface area contributed by atoms with Crippen LogP contribution in [-0.2, 0) is 14.0 Å². The lowest BCUT2D eigenvalue weighted by molar-refractivity contribution is -0.0696. The van der Waals surface area contributed by atoms with Crippen molar-refractivity contribution in [3.8, 4) is 5.75 Å². The summed E-state index contributed by atoms with van der Waals surface area (Å²) in [6.07, 6.45) is 1.57. The largest absolute Gasteiger partial charge is 0.495 e. The van der Waals surface area contributed by atoms with Crippen LogP contribution < -0.4 is 10.2 Å². The molecule has 2 saturated heterocycles. The highest BCUT2D eigenvalue weighted by atomic mass is 16.7. The minimum absolute atomic E-state index is 0.0728. The first-order chi connectivity index (χ1) is 13.6. The number of amides is 1. The number of hydrogen-bond donors (Lipinski definition) is 1. The van der Waals surface area contributed by atoms with Crippen molar-refractivity contribution in [1.82, 2.24) is 4.90 Å². The number of carbonyl (C=O) groups excluding carboxylic acids is 1. The summed E-state index contributed by atoms with van der Waals surface area (Å²) in [4.78, 5) is 14.8. The number of aliphatic hydroxyl groups is 1. The van der Waals surface area contributed by atoms with Gasteiger partial charge in [0.1, 0.15) is 5.75 Å². The van der Waals surface area contributed by atoms with Gasteiger partial charge in [0.15, 0.2) is 6.73 Å². The zero-order valence-electron chi connectivity index (χ0n) is 17.4. The molecule has 4 rings (SSSR count). The van der Waals surface area contributed by atoms with E-state index in [1.54, 1.807) is 18.2 Å². The van der Waals surface area contributed by atoms with Crippen LogP contribution in [0.5, 0.6) is 5.75 Å². The van der Waals surface area contributed by atoms with Crippen LogP contribution in [0.2, 0.25) is 0 Å². The van der Waals surface area contributed by atoms with Gasteiger partial charge in [-0.2, -0.15) is 0 Å². The van der Waals surface area contributed by atoms with E-state index in [9.17, 15) is 9.90 Å². The molecule has 3 aliphatic heterocycles. The average molecular weight is 401 g/mol. The molecule has 2 atom stereocenters. The van der Waals surface area contributed by atoms with Gasteiger partial charge in [-0.1, -0.05) is 12.7 Å². The molecule has 3 heterocycles. The number of rotatable bonds is 3. The Morgan fingerprint density at radius 2 is 1.93 bits per heavy atom. The lowest BCUT2D eigenvalue weighted by Gasteiger charge is -2.39. The zero-order valence-corrected chi connectivity index (χ0v) is 17.4. The van der Waals surface area contributed by atoms with Crippen molar-refractivity contribution in [3.05, 3.63) is 29.8 Å². The minimum Gasteiger partial charge on any atom is -0.472 e. The van der Waals surface area contributed by atoms with E-state index in [1.165, 1.54) is 4.90 Å². The highest BCUT2D eigenvalue weighted by Gasteiger charge is 2.52. The molecule has 0 unspecified atom stereocenters. The molecule has 0 aromatic heterocycles. The van der Waals surface area contributed by atoms with Crippen LogP contribution in [0.4, 0.5) is 0 Å². The van der Waals surface area contributed by atoms with Crippen LogP contribution in [0.25, 0.3) is 6.08 Å². The summed E-state index contributed by atoms with van der Waals surface area (Å²) >= 11 is 0. The summed E-state index contributed by atoms with van der Waals surface area (Å²) in [5.41, 5.74) is 0.954. The predicted molar refractivity (Wildman–Crippen MR) is 109 cm³/mol. The fourth-order valence-electron chi connectivity index (χ4n) is 3.86. The van der Waals surface area contributed by atoms with Crippen molar-refractivity contribution in [1.29, 1.82) is 0 Å². The Hall–Kier alpha value is -1.87. The van der Waals surface area contributed by atoms with E-state index in [0.717, 1.165) is 11.0 Å². The van der Waals surface area contributed by atoms with Gasteiger partial charge in [-0.05, 0) is 57.3 Å². The topological polar surface area (TPSA) is 77.5 Å². The van der Waals surface area contributed by atoms with Crippen molar-refractivity contribution in [3.63, 3.8) is 0 Å². The van der Waals surface area contributed by atoms with Gasteiger partial charge in [0.2, 0.25) is 0 Å². The van der Waals surface area contributed by atoms with Crippen molar-refractivity contribution < 1.29 is 28.7 Å². The maximum Gasteiger partial charge on any atom is 0.495 e. The molecule has 8 heteroatoms. The second-order valence-electron chi connectivity index (χ2n) is 8.82. The van der Waals surface area contributed by atoms with E-state index < -0.39 is 30.5 Å². The molecule has 0 bridgehead atoms. The SMILES string of the molecule is C=Cc1cc2c(cc1B1OC(C)(C)C(C)(C)O1)C(=O)N([C@H]1COCC[C@@H]1O)CO2. The zero-order chi connectivity index (χ0) is 21.0. The van der Waals surface area contributed by atoms with Gasteiger partial charge in [0.25, 0.3) is 5.91 Å². The molecule has 1 amide bonds. The monoisotopic (exact) mass is 401 g/mol. The molecule has 7 nitrogen and oxygen atoms in total. The van der Waals surface area contributed by atoms with Crippen LogP contribution in [-0.4, -0.2) is 66.3 Å². The van der Waals surface area contributed by atoms with Crippen molar-refractivity contribution in [2.45, 2.75) is 57.5 Å². The Balaban J connectivity index is 1.69. The van der Waals surface area contributed by atoms with Crippen molar-refractivity contribution in [2.75, 3.05) is 19.9 Å². The van der Waals surface area contributed by atoms with Gasteiger partial charge in [0.05, 0.1) is 35.5 Å². The first-order valence-corrected chi connectivity index (χ1v) is 10.0. The summed E-state index contributed by atoms with van der Waals surface area (Å²) < 4.78 is 23.7. The summed E-state index contributed by atoms with van der Waals surface area (Å²) in [5, 5.41) is 10.3. The van der Waals surface area contributed by atoms with Gasteiger partial charge < -0.3 is 23.9 Å². The average Bonchev–Trinajstić information content (AvgIpc) is 2.89. The molecule has 0 saturated carbocycles. The molecule has 2 fully saturated rings. The minimum atomic E-state index is -0.632. The van der Waals surface area contributed by atoms with Gasteiger partial charge in [-0.15, -0.1) is 0 Å². The second-order valence-corrected chi connectivity index (χ2v) is 8.82. The first kappa shape index (κ1) is 20.4. The fraction of sp³-hybridized carbons (Fsp3) is 0.571. The van der Waals surface area contributed by atoms with Crippen molar-refractivity contribution >= 4 is 24.6 Å². The molecule has 0 aliphatic carbocycles. The number of benzene rings is 1. The Kier molecular flexibility index (Phi) is 5.02. The molecular formula is C21H28BNO6. The smallest absolute Gasteiger partial charge is 0.472 e. The standard InChI is InChI=1S/C21H28BNO6/c1-6-13-9-18-14(10-15(13)22-28-20(2,3)21(4,5)29-22)19(25)23(12-27-18)16-11-26-8-7-17(16)24/h6,9-10,16-17,24H,1,7-8,11-12H2,2-5H3/t16-,17-/m0/s1. The molecular weight excluding hydrogens is 373 g/mol. The number of fused-ring (bicyclic) bond motifs is 1. The Bertz CT molecular complexity index is 823. The van der Waals surface area contributed by atoms with E-state index in [2.05, 4.69) is 6.58 Å². The highest BCUT2D eigenvalue weighted by Crippen LogP contribution is 2.37. The number of nitrogens with zero attached hydrogens (tertiary/aromatic N) is 1. The Labute approximate surface area is 171 Å². The quantitative estimate of drug-likeness (QED) is 0.775. The van der Waals surface area contributed by atoms with E-state index in [0.29, 0.717) is 30.9 Å². The maximum atomic E-state index is 13.3. The molecule has 3 aliphatic rings. The van der Waals surface area contributed by atoms with Crippen LogP contribution >= 0.6 is 0 Å². The number of carbonyl (C=O) groups is 1. The second kappa shape index (κ2) is 7.13.